The third-order valence-electron chi connectivity index (χ3n) is 2.59. The van der Waals surface area contributed by atoms with Crippen molar-refractivity contribution >= 4 is 10.2 Å². The van der Waals surface area contributed by atoms with Crippen LogP contribution in [0.25, 0.3) is 0 Å². The molecule has 5 nitrogen and oxygen atoms in total. The largest absolute Gasteiger partial charge is 1.00 e. The summed E-state index contributed by atoms with van der Waals surface area (Å²) in [7, 11) is 10.2. The van der Waals surface area contributed by atoms with Crippen LogP contribution in [0.3, 0.4) is 0 Å². The van der Waals surface area contributed by atoms with Crippen LogP contribution in [-0.4, -0.2) is 42.2 Å². The molecule has 17 heavy (non-hydrogen) atoms. The molecule has 0 saturated heterocycles. The van der Waals surface area contributed by atoms with Gasteiger partial charge in [0.05, 0.1) is 7.05 Å². The number of halogens is 1. The fraction of sp³-hybridized carbons (Fsp3) is 0.700. The molecule has 3 radical (unpaired) electrons. The summed E-state index contributed by atoms with van der Waals surface area (Å²) in [6, 6.07) is 0.597. The zero-order valence-electron chi connectivity index (χ0n) is 10.5. The summed E-state index contributed by atoms with van der Waals surface area (Å²) in [4.78, 5) is 0. The van der Waals surface area contributed by atoms with Crippen molar-refractivity contribution in [3.63, 3.8) is 0 Å². The number of methoxy groups -OCH3 is 3. The first-order valence-electron chi connectivity index (χ1n) is 4.96. The number of hydrogen-bond donors (Lipinski definition) is 0. The number of rotatable bonds is 6. The molecule has 0 saturated carbocycles. The van der Waals surface area contributed by atoms with Crippen molar-refractivity contribution < 1.29 is 31.2 Å². The second-order valence-corrected chi connectivity index (χ2v) is 3.86. The average molecular weight is 278 g/mol. The lowest BCUT2D eigenvalue weighted by Gasteiger charge is -2.32. The topological polar surface area (TPSA) is 36.5 Å². The van der Waals surface area contributed by atoms with Crippen molar-refractivity contribution in [2.45, 2.75) is 18.1 Å². The highest BCUT2D eigenvalue weighted by Gasteiger charge is 2.46. The van der Waals surface area contributed by atoms with Crippen LogP contribution >= 0.6 is 0 Å². The maximum Gasteiger partial charge on any atom is 0.353 e. The first-order valence-corrected chi connectivity index (χ1v) is 5.66. The van der Waals surface area contributed by atoms with Crippen LogP contribution < -0.4 is 17.0 Å². The minimum atomic E-state index is -0.961. The number of hydrogen-bond acceptors (Lipinski definition) is 3. The van der Waals surface area contributed by atoms with E-state index in [0.29, 0.717) is 6.04 Å². The predicted molar refractivity (Wildman–Crippen MR) is 59.0 cm³/mol. The summed E-state index contributed by atoms with van der Waals surface area (Å²) in [6.45, 7) is 0. The lowest BCUT2D eigenvalue weighted by atomic mass is 10.3. The van der Waals surface area contributed by atoms with E-state index in [2.05, 4.69) is 10.2 Å². The van der Waals surface area contributed by atoms with Crippen LogP contribution in [0.4, 0.5) is 0 Å². The van der Waals surface area contributed by atoms with Crippen LogP contribution in [0.1, 0.15) is 0 Å². The summed E-state index contributed by atoms with van der Waals surface area (Å²) in [5.74, 6) is -0.961. The molecule has 0 N–H and O–H groups in total. The Bertz CT molecular complexity index is 327. The van der Waals surface area contributed by atoms with Crippen molar-refractivity contribution in [2.75, 3.05) is 21.3 Å². The normalized spacial score (nSPS) is 13.2. The molecule has 1 aromatic heterocycles. The van der Waals surface area contributed by atoms with Crippen molar-refractivity contribution in [1.82, 2.24) is 4.57 Å². The van der Waals surface area contributed by atoms with Gasteiger partial charge in [0.15, 0.2) is 6.10 Å². The third-order valence-corrected chi connectivity index (χ3v) is 2.96. The van der Waals surface area contributed by atoms with Gasteiger partial charge in [0.1, 0.15) is 12.4 Å². The van der Waals surface area contributed by atoms with Gasteiger partial charge in [-0.2, -0.15) is 4.57 Å². The molecule has 1 aromatic rings. The van der Waals surface area contributed by atoms with Gasteiger partial charge in [0.25, 0.3) is 0 Å². The molecule has 1 unspecified atom stereocenters. The molecule has 0 aliphatic carbocycles. The Morgan fingerprint density at radius 2 is 1.94 bits per heavy atom. The Hall–Kier alpha value is -0.403. The molecular formula is C10H18ClN2O3Si. The van der Waals surface area contributed by atoms with E-state index in [1.54, 1.807) is 21.3 Å². The molecule has 0 bridgehead atoms. The Morgan fingerprint density at radius 1 is 1.35 bits per heavy atom. The van der Waals surface area contributed by atoms with Gasteiger partial charge in [0.2, 0.25) is 6.33 Å². The standard InChI is InChI=1S/C10H18N2O3Si.ClH/c1-11-5-6-12(8-11)10(14-3,15-4)9(7-16)13-2;/h5-6,8-9H,7H2,1-4H3;1H/q+1;/p-1. The Kier molecular flexibility index (Phi) is 6.96. The average Bonchev–Trinajstić information content (AvgIpc) is 2.73. The quantitative estimate of drug-likeness (QED) is 0.313. The van der Waals surface area contributed by atoms with Crippen molar-refractivity contribution in [1.29, 1.82) is 0 Å². The Morgan fingerprint density at radius 3 is 2.24 bits per heavy atom. The van der Waals surface area contributed by atoms with E-state index in [0.717, 1.165) is 0 Å². The van der Waals surface area contributed by atoms with Crippen molar-refractivity contribution in [3.8, 4) is 0 Å². The highest BCUT2D eigenvalue weighted by molar-refractivity contribution is 6.08. The molecule has 7 heteroatoms. The van der Waals surface area contributed by atoms with Crippen molar-refractivity contribution in [2.24, 2.45) is 7.05 Å². The maximum absolute atomic E-state index is 5.50. The lowest BCUT2D eigenvalue weighted by Crippen LogP contribution is -3.00. The summed E-state index contributed by atoms with van der Waals surface area (Å²) in [5, 5.41) is 0. The smallest absolute Gasteiger partial charge is 0.353 e. The number of imidazole rings is 1. The fourth-order valence-electron chi connectivity index (χ4n) is 1.72. The summed E-state index contributed by atoms with van der Waals surface area (Å²) in [5.41, 5.74) is 0. The van der Waals surface area contributed by atoms with Gasteiger partial charge in [-0.15, -0.1) is 0 Å². The van der Waals surface area contributed by atoms with Crippen LogP contribution in [0.2, 0.25) is 6.04 Å². The van der Waals surface area contributed by atoms with Gasteiger partial charge in [0, 0.05) is 31.6 Å². The van der Waals surface area contributed by atoms with Gasteiger partial charge in [-0.3, -0.25) is 0 Å². The fourth-order valence-corrected chi connectivity index (χ4v) is 2.14. The SMILES string of the molecule is COC(C[Si])C(OC)(OC)n1cc[n+](C)c1.[Cl-]. The first-order chi connectivity index (χ1) is 7.64. The summed E-state index contributed by atoms with van der Waals surface area (Å²) in [6.07, 6.45) is 5.40. The van der Waals surface area contributed by atoms with Gasteiger partial charge in [-0.05, 0) is 6.04 Å². The molecule has 1 heterocycles. The number of aryl methyl sites for hydroxylation is 1. The molecule has 0 amide bonds. The zero-order valence-corrected chi connectivity index (χ0v) is 12.3. The zero-order chi connectivity index (χ0) is 12.2. The van der Waals surface area contributed by atoms with Gasteiger partial charge >= 0.3 is 5.91 Å². The van der Waals surface area contributed by atoms with Crippen LogP contribution in [0.5, 0.6) is 0 Å². The molecule has 0 aliphatic rings. The monoisotopic (exact) mass is 277 g/mol. The molecular weight excluding hydrogens is 260 g/mol. The van der Waals surface area contributed by atoms with Crippen LogP contribution in [-0.2, 0) is 27.2 Å². The highest BCUT2D eigenvalue weighted by atomic mass is 35.5. The second kappa shape index (κ2) is 7.12. The van der Waals surface area contributed by atoms with E-state index < -0.39 is 5.91 Å². The molecule has 1 rings (SSSR count). The van der Waals surface area contributed by atoms with Gasteiger partial charge < -0.3 is 26.6 Å². The minimum Gasteiger partial charge on any atom is -1.00 e. The van der Waals surface area contributed by atoms with E-state index in [4.69, 9.17) is 14.2 Å². The first kappa shape index (κ1) is 16.6. The molecule has 97 valence electrons. The van der Waals surface area contributed by atoms with Gasteiger partial charge in [-0.25, -0.2) is 4.57 Å². The van der Waals surface area contributed by atoms with Crippen LogP contribution in [0, 0.1) is 0 Å². The Labute approximate surface area is 111 Å². The molecule has 0 aromatic carbocycles. The van der Waals surface area contributed by atoms with Crippen molar-refractivity contribution in [3.05, 3.63) is 18.7 Å². The summed E-state index contributed by atoms with van der Waals surface area (Å²) >= 11 is 0. The molecule has 0 fully saturated rings. The predicted octanol–water partition coefficient (Wildman–Crippen LogP) is -3.18. The highest BCUT2D eigenvalue weighted by Crippen LogP contribution is 2.26. The maximum atomic E-state index is 5.50. The number of aromatic nitrogens is 2. The number of ether oxygens (including phenoxy) is 3. The van der Waals surface area contributed by atoms with E-state index in [9.17, 15) is 0 Å². The third kappa shape index (κ3) is 3.08. The van der Waals surface area contributed by atoms with E-state index >= 15 is 0 Å². The van der Waals surface area contributed by atoms with E-state index in [-0.39, 0.29) is 18.5 Å². The molecule has 1 atom stereocenters. The lowest BCUT2D eigenvalue weighted by molar-refractivity contribution is -0.672. The summed E-state index contributed by atoms with van der Waals surface area (Å²) < 4.78 is 20.1. The molecule has 0 spiro atoms. The van der Waals surface area contributed by atoms with Crippen LogP contribution in [0.15, 0.2) is 18.7 Å². The van der Waals surface area contributed by atoms with E-state index in [1.807, 2.05) is 34.9 Å². The number of nitrogens with zero attached hydrogens (tertiary/aromatic N) is 2. The Balaban J connectivity index is 0.00000256. The molecule has 0 aliphatic heterocycles. The van der Waals surface area contributed by atoms with E-state index in [1.165, 1.54) is 0 Å². The second-order valence-electron chi connectivity index (χ2n) is 3.45. The minimum absolute atomic E-state index is 0. The van der Waals surface area contributed by atoms with Gasteiger partial charge in [-0.1, -0.05) is 0 Å².